The van der Waals surface area contributed by atoms with Crippen molar-refractivity contribution in [3.63, 3.8) is 0 Å². The topological polar surface area (TPSA) is 56.8 Å². The molecule has 2 aliphatic rings. The largest absolute Gasteiger partial charge is 0.497 e. The molecule has 33 heavy (non-hydrogen) atoms. The Bertz CT molecular complexity index is 764. The van der Waals surface area contributed by atoms with Crippen LogP contribution in [0.3, 0.4) is 0 Å². The number of benzene rings is 1. The first-order chi connectivity index (χ1) is 15.9. The van der Waals surface area contributed by atoms with Gasteiger partial charge in [-0.1, -0.05) is 53.4 Å². The summed E-state index contributed by atoms with van der Waals surface area (Å²) >= 11 is 0. The highest BCUT2D eigenvalue weighted by Gasteiger charge is 2.44. The van der Waals surface area contributed by atoms with Gasteiger partial charge in [-0.05, 0) is 62.1 Å². The van der Waals surface area contributed by atoms with Crippen LogP contribution in [0.25, 0.3) is 0 Å². The molecule has 1 fully saturated rings. The number of carbonyl (C=O) groups excluding carboxylic acids is 1. The van der Waals surface area contributed by atoms with Crippen LogP contribution >= 0.6 is 0 Å². The summed E-state index contributed by atoms with van der Waals surface area (Å²) in [5.41, 5.74) is 2.06. The molecule has 5 nitrogen and oxygen atoms in total. The number of rotatable bonds is 10. The molecule has 5 heteroatoms. The second-order valence-corrected chi connectivity index (χ2v) is 10.4. The SMILES string of the molecule is CCCCC[C@H]1[C@@H](C(=O)OCC)Nc2ccc(OC)cc2[C@@H]1O[C@@H]1C[C@H](C)CC[C@H]1C(C)C. The molecule has 6 atom stereocenters. The summed E-state index contributed by atoms with van der Waals surface area (Å²) in [7, 11) is 1.70. The molecular formula is C28H45NO4. The zero-order valence-corrected chi connectivity index (χ0v) is 21.6. The van der Waals surface area contributed by atoms with E-state index in [9.17, 15) is 4.79 Å². The first kappa shape index (κ1) is 25.9. The molecular weight excluding hydrogens is 414 g/mol. The van der Waals surface area contributed by atoms with E-state index in [-0.39, 0.29) is 24.1 Å². The van der Waals surface area contributed by atoms with Gasteiger partial charge in [0.15, 0.2) is 0 Å². The number of anilines is 1. The molecule has 1 N–H and O–H groups in total. The lowest BCUT2D eigenvalue weighted by atomic mass is 9.74. The minimum Gasteiger partial charge on any atom is -0.497 e. The van der Waals surface area contributed by atoms with E-state index in [2.05, 4.69) is 39.1 Å². The summed E-state index contributed by atoms with van der Waals surface area (Å²) in [6, 6.07) is 5.66. The van der Waals surface area contributed by atoms with Crippen molar-refractivity contribution < 1.29 is 19.0 Å². The Morgan fingerprint density at radius 3 is 2.64 bits per heavy atom. The Kier molecular flexibility index (Phi) is 9.48. The smallest absolute Gasteiger partial charge is 0.328 e. The maximum Gasteiger partial charge on any atom is 0.328 e. The maximum absolute atomic E-state index is 13.1. The summed E-state index contributed by atoms with van der Waals surface area (Å²) in [4.78, 5) is 13.1. The predicted octanol–water partition coefficient (Wildman–Crippen LogP) is 6.77. The van der Waals surface area contributed by atoms with Crippen LogP contribution in [0.4, 0.5) is 5.69 Å². The average molecular weight is 460 g/mol. The van der Waals surface area contributed by atoms with Crippen molar-refractivity contribution in [2.45, 2.75) is 97.8 Å². The van der Waals surface area contributed by atoms with Gasteiger partial charge in [-0.2, -0.15) is 0 Å². The second kappa shape index (κ2) is 12.1. The van der Waals surface area contributed by atoms with Gasteiger partial charge in [0.05, 0.1) is 25.9 Å². The average Bonchev–Trinajstić information content (AvgIpc) is 2.79. The molecule has 1 aromatic carbocycles. The minimum absolute atomic E-state index is 0.0280. The summed E-state index contributed by atoms with van der Waals surface area (Å²) in [6.07, 6.45) is 7.91. The molecule has 1 aliphatic heterocycles. The number of carbonyl (C=O) groups is 1. The van der Waals surface area contributed by atoms with Crippen LogP contribution in [-0.2, 0) is 14.3 Å². The fraction of sp³-hybridized carbons (Fsp3) is 0.750. The number of nitrogens with one attached hydrogen (secondary N) is 1. The van der Waals surface area contributed by atoms with Crippen LogP contribution < -0.4 is 10.1 Å². The van der Waals surface area contributed by atoms with Gasteiger partial charge in [-0.3, -0.25) is 0 Å². The Morgan fingerprint density at radius 2 is 1.97 bits per heavy atom. The molecule has 0 radical (unpaired) electrons. The monoisotopic (exact) mass is 459 g/mol. The fourth-order valence-corrected chi connectivity index (χ4v) is 5.76. The van der Waals surface area contributed by atoms with E-state index in [1.54, 1.807) is 7.11 Å². The van der Waals surface area contributed by atoms with Crippen LogP contribution in [0.15, 0.2) is 18.2 Å². The number of fused-ring (bicyclic) bond motifs is 1. The molecule has 1 aliphatic carbocycles. The number of hydrogen-bond acceptors (Lipinski definition) is 5. The van der Waals surface area contributed by atoms with E-state index in [1.807, 2.05) is 19.1 Å². The van der Waals surface area contributed by atoms with Crippen molar-refractivity contribution in [2.24, 2.45) is 23.7 Å². The highest BCUT2D eigenvalue weighted by molar-refractivity contribution is 5.81. The highest BCUT2D eigenvalue weighted by atomic mass is 16.5. The van der Waals surface area contributed by atoms with Gasteiger partial charge in [0.25, 0.3) is 0 Å². The molecule has 1 aromatic rings. The number of ether oxygens (including phenoxy) is 3. The number of unbranched alkanes of at least 4 members (excludes halogenated alkanes) is 2. The van der Waals surface area contributed by atoms with Crippen molar-refractivity contribution in [1.82, 2.24) is 0 Å². The van der Waals surface area contributed by atoms with E-state index in [4.69, 9.17) is 14.2 Å². The standard InChI is InChI=1S/C28H45NO4/c1-7-9-10-11-22-26(28(30)32-8-2)29-24-15-13-20(31-6)17-23(24)27(22)33-25-16-19(5)12-14-21(25)18(3)4/h13,15,17-19,21-22,25-27,29H,7-12,14,16H2,1-6H3/t19-,21+,22+,25-,26+,27-/m1/s1. The van der Waals surface area contributed by atoms with Crippen LogP contribution in [0, 0.1) is 23.7 Å². The third-order valence-electron chi connectivity index (χ3n) is 7.66. The van der Waals surface area contributed by atoms with Gasteiger partial charge in [0, 0.05) is 17.2 Å². The van der Waals surface area contributed by atoms with Crippen molar-refractivity contribution in [3.8, 4) is 5.75 Å². The molecule has 0 unspecified atom stereocenters. The highest BCUT2D eigenvalue weighted by Crippen LogP contribution is 2.47. The van der Waals surface area contributed by atoms with Crippen LogP contribution in [0.5, 0.6) is 5.75 Å². The minimum atomic E-state index is -0.397. The number of hydrogen-bond donors (Lipinski definition) is 1. The molecule has 1 heterocycles. The van der Waals surface area contributed by atoms with Gasteiger partial charge in [0.2, 0.25) is 0 Å². The fourth-order valence-electron chi connectivity index (χ4n) is 5.76. The molecule has 0 spiro atoms. The van der Waals surface area contributed by atoms with Gasteiger partial charge in [-0.25, -0.2) is 4.79 Å². The van der Waals surface area contributed by atoms with Crippen molar-refractivity contribution in [1.29, 1.82) is 0 Å². The molecule has 3 rings (SSSR count). The van der Waals surface area contributed by atoms with Gasteiger partial charge in [0.1, 0.15) is 11.8 Å². The third kappa shape index (κ3) is 6.23. The van der Waals surface area contributed by atoms with Crippen molar-refractivity contribution >= 4 is 11.7 Å². The summed E-state index contributed by atoms with van der Waals surface area (Å²) in [6.45, 7) is 11.4. The third-order valence-corrected chi connectivity index (χ3v) is 7.66. The van der Waals surface area contributed by atoms with E-state index in [1.165, 1.54) is 12.8 Å². The Balaban J connectivity index is 2.00. The Labute approximate surface area is 201 Å². The molecule has 0 amide bonds. The second-order valence-electron chi connectivity index (χ2n) is 10.4. The van der Waals surface area contributed by atoms with Gasteiger partial charge in [-0.15, -0.1) is 0 Å². The lowest BCUT2D eigenvalue weighted by Gasteiger charge is -2.44. The number of esters is 1. The first-order valence-corrected chi connectivity index (χ1v) is 13.2. The molecule has 1 saturated carbocycles. The van der Waals surface area contributed by atoms with Crippen LogP contribution in [0.2, 0.25) is 0 Å². The van der Waals surface area contributed by atoms with E-state index in [0.717, 1.165) is 49.1 Å². The first-order valence-electron chi connectivity index (χ1n) is 13.2. The lowest BCUT2D eigenvalue weighted by molar-refractivity contribution is -0.151. The van der Waals surface area contributed by atoms with Crippen LogP contribution in [-0.4, -0.2) is 31.8 Å². The Morgan fingerprint density at radius 1 is 1.18 bits per heavy atom. The Hall–Kier alpha value is -1.75. The van der Waals surface area contributed by atoms with Gasteiger partial charge < -0.3 is 19.5 Å². The summed E-state index contributed by atoms with van der Waals surface area (Å²) in [5, 5.41) is 3.51. The lowest BCUT2D eigenvalue weighted by Crippen LogP contribution is -2.47. The van der Waals surface area contributed by atoms with E-state index in [0.29, 0.717) is 24.4 Å². The molecule has 0 bridgehead atoms. The molecule has 0 aromatic heterocycles. The zero-order chi connectivity index (χ0) is 24.0. The predicted molar refractivity (Wildman–Crippen MR) is 134 cm³/mol. The van der Waals surface area contributed by atoms with Crippen molar-refractivity contribution in [2.75, 3.05) is 19.0 Å². The normalized spacial score (nSPS) is 29.3. The number of methoxy groups -OCH3 is 1. The van der Waals surface area contributed by atoms with Crippen molar-refractivity contribution in [3.05, 3.63) is 23.8 Å². The maximum atomic E-state index is 13.1. The van der Waals surface area contributed by atoms with E-state index < -0.39 is 6.04 Å². The quantitative estimate of drug-likeness (QED) is 0.309. The zero-order valence-electron chi connectivity index (χ0n) is 21.6. The van der Waals surface area contributed by atoms with E-state index >= 15 is 0 Å². The van der Waals surface area contributed by atoms with Crippen LogP contribution in [0.1, 0.15) is 91.2 Å². The molecule has 186 valence electrons. The summed E-state index contributed by atoms with van der Waals surface area (Å²) in [5.74, 6) is 2.46. The van der Waals surface area contributed by atoms with Gasteiger partial charge >= 0.3 is 5.97 Å². The summed E-state index contributed by atoms with van der Waals surface area (Å²) < 4.78 is 18.2. The molecule has 0 saturated heterocycles.